The third-order valence-electron chi connectivity index (χ3n) is 3.67. The van der Waals surface area contributed by atoms with Gasteiger partial charge in [-0.05, 0) is 13.3 Å². The quantitative estimate of drug-likeness (QED) is 0.298. The molecule has 0 fully saturated rings. The second kappa shape index (κ2) is 17.7. The zero-order chi connectivity index (χ0) is 17.2. The van der Waals surface area contributed by atoms with Crippen LogP contribution >= 0.6 is 0 Å². The highest BCUT2D eigenvalue weighted by Gasteiger charge is 2.18. The Morgan fingerprint density at radius 2 is 1.30 bits per heavy atom. The van der Waals surface area contributed by atoms with Crippen molar-refractivity contribution in [2.45, 2.75) is 84.3 Å². The molecule has 0 aromatic rings. The van der Waals surface area contributed by atoms with Crippen LogP contribution in [-0.4, -0.2) is 43.8 Å². The van der Waals surface area contributed by atoms with Crippen molar-refractivity contribution >= 4 is 5.97 Å². The average molecular weight is 332 g/mol. The van der Waals surface area contributed by atoms with Crippen LogP contribution in [-0.2, 0) is 19.0 Å². The van der Waals surface area contributed by atoms with Crippen molar-refractivity contribution in [1.29, 1.82) is 0 Å². The third kappa shape index (κ3) is 16.0. The fraction of sp³-hybridized carbons (Fsp3) is 0.944. The lowest BCUT2D eigenvalue weighted by Gasteiger charge is -2.14. The normalized spacial score (nSPS) is 12.4. The van der Waals surface area contributed by atoms with Gasteiger partial charge in [-0.15, -0.1) is 0 Å². The molecule has 5 nitrogen and oxygen atoms in total. The molecule has 0 aliphatic heterocycles. The predicted octanol–water partition coefficient (Wildman–Crippen LogP) is 4.39. The molecule has 0 heterocycles. The number of aliphatic carboxylic acids is 1. The summed E-state index contributed by atoms with van der Waals surface area (Å²) in [5.74, 6) is -1.08. The van der Waals surface area contributed by atoms with Gasteiger partial charge in [0.2, 0.25) is 0 Å². The number of unbranched alkanes of at least 4 members (excludes halogenated alkanes) is 9. The standard InChI is InChI=1S/C18H36O5/c1-3-5-6-7-8-9-10-11-12-13-14-22-18(17(19)20)23-16-15-21-4-2/h18H,3-16H2,1-2H3,(H,19,20). The van der Waals surface area contributed by atoms with Crippen molar-refractivity contribution < 1.29 is 24.1 Å². The summed E-state index contributed by atoms with van der Waals surface area (Å²) >= 11 is 0. The second-order valence-electron chi connectivity index (χ2n) is 5.79. The highest BCUT2D eigenvalue weighted by molar-refractivity contribution is 5.70. The molecule has 0 spiro atoms. The van der Waals surface area contributed by atoms with E-state index in [-0.39, 0.29) is 6.61 Å². The summed E-state index contributed by atoms with van der Waals surface area (Å²) < 4.78 is 15.5. The third-order valence-corrected chi connectivity index (χ3v) is 3.67. The number of carboxylic acids is 1. The van der Waals surface area contributed by atoms with E-state index in [2.05, 4.69) is 6.92 Å². The fourth-order valence-electron chi connectivity index (χ4n) is 2.33. The van der Waals surface area contributed by atoms with Crippen LogP contribution in [0, 0.1) is 0 Å². The Hall–Kier alpha value is -0.650. The Balaban J connectivity index is 3.40. The van der Waals surface area contributed by atoms with E-state index in [1.54, 1.807) is 0 Å². The molecular weight excluding hydrogens is 296 g/mol. The first kappa shape index (κ1) is 22.4. The van der Waals surface area contributed by atoms with Crippen molar-refractivity contribution in [3.63, 3.8) is 0 Å². The van der Waals surface area contributed by atoms with Crippen LogP contribution in [0.25, 0.3) is 0 Å². The highest BCUT2D eigenvalue weighted by atomic mass is 16.7. The molecule has 0 bridgehead atoms. The molecule has 1 atom stereocenters. The van der Waals surface area contributed by atoms with Crippen LogP contribution in [0.5, 0.6) is 0 Å². The van der Waals surface area contributed by atoms with Crippen molar-refractivity contribution in [3.8, 4) is 0 Å². The number of hydrogen-bond donors (Lipinski definition) is 1. The van der Waals surface area contributed by atoms with E-state index in [1.807, 2.05) is 6.92 Å². The topological polar surface area (TPSA) is 65.0 Å². The molecule has 138 valence electrons. The van der Waals surface area contributed by atoms with Gasteiger partial charge in [-0.1, -0.05) is 64.7 Å². The molecule has 1 unspecified atom stereocenters. The van der Waals surface area contributed by atoms with Crippen molar-refractivity contribution in [2.75, 3.05) is 26.4 Å². The van der Waals surface area contributed by atoms with E-state index in [4.69, 9.17) is 19.3 Å². The summed E-state index contributed by atoms with van der Waals surface area (Å²) in [5, 5.41) is 9.00. The molecule has 0 saturated heterocycles. The SMILES string of the molecule is CCCCCCCCCCCCOC(OCCOCC)C(=O)O. The molecule has 0 aromatic heterocycles. The van der Waals surface area contributed by atoms with Crippen LogP contribution in [0.4, 0.5) is 0 Å². The van der Waals surface area contributed by atoms with E-state index in [1.165, 1.54) is 51.4 Å². The predicted molar refractivity (Wildman–Crippen MR) is 91.7 cm³/mol. The number of rotatable bonds is 18. The molecule has 0 aliphatic carbocycles. The zero-order valence-electron chi connectivity index (χ0n) is 15.1. The van der Waals surface area contributed by atoms with E-state index < -0.39 is 12.3 Å². The van der Waals surface area contributed by atoms with Gasteiger partial charge in [0.05, 0.1) is 19.8 Å². The van der Waals surface area contributed by atoms with Crippen LogP contribution in [0.2, 0.25) is 0 Å². The van der Waals surface area contributed by atoms with E-state index in [0.29, 0.717) is 19.8 Å². The van der Waals surface area contributed by atoms with Gasteiger partial charge in [-0.2, -0.15) is 0 Å². The van der Waals surface area contributed by atoms with E-state index in [0.717, 1.165) is 12.8 Å². The van der Waals surface area contributed by atoms with Crippen LogP contribution in [0.1, 0.15) is 78.1 Å². The van der Waals surface area contributed by atoms with Crippen molar-refractivity contribution in [2.24, 2.45) is 0 Å². The number of carbonyl (C=O) groups is 1. The minimum Gasteiger partial charge on any atom is -0.477 e. The molecule has 0 saturated carbocycles. The largest absolute Gasteiger partial charge is 0.477 e. The van der Waals surface area contributed by atoms with E-state index >= 15 is 0 Å². The smallest absolute Gasteiger partial charge is 0.361 e. The van der Waals surface area contributed by atoms with Gasteiger partial charge in [-0.3, -0.25) is 0 Å². The Morgan fingerprint density at radius 1 is 0.783 bits per heavy atom. The maximum atomic E-state index is 11.0. The highest BCUT2D eigenvalue weighted by Crippen LogP contribution is 2.10. The molecule has 0 radical (unpaired) electrons. The van der Waals surface area contributed by atoms with Gasteiger partial charge in [0.1, 0.15) is 0 Å². The number of ether oxygens (including phenoxy) is 3. The van der Waals surface area contributed by atoms with Gasteiger partial charge < -0.3 is 19.3 Å². The average Bonchev–Trinajstić information content (AvgIpc) is 2.54. The molecule has 1 N–H and O–H groups in total. The monoisotopic (exact) mass is 332 g/mol. The van der Waals surface area contributed by atoms with E-state index in [9.17, 15) is 4.79 Å². The summed E-state index contributed by atoms with van der Waals surface area (Å²) in [5.41, 5.74) is 0. The van der Waals surface area contributed by atoms with Crippen LogP contribution < -0.4 is 0 Å². The lowest BCUT2D eigenvalue weighted by molar-refractivity contribution is -0.192. The molecular formula is C18H36O5. The lowest BCUT2D eigenvalue weighted by Crippen LogP contribution is -2.29. The summed E-state index contributed by atoms with van der Waals surface area (Å²) in [6, 6.07) is 0. The number of hydrogen-bond acceptors (Lipinski definition) is 4. The Kier molecular flexibility index (Phi) is 17.2. The minimum atomic E-state index is -1.17. The first-order chi connectivity index (χ1) is 11.2. The summed E-state index contributed by atoms with van der Waals surface area (Å²) in [6.07, 6.45) is 11.3. The summed E-state index contributed by atoms with van der Waals surface area (Å²) in [7, 11) is 0. The van der Waals surface area contributed by atoms with Gasteiger partial charge in [0, 0.05) is 6.61 Å². The van der Waals surface area contributed by atoms with Crippen LogP contribution in [0.15, 0.2) is 0 Å². The summed E-state index contributed by atoms with van der Waals surface area (Å²) in [4.78, 5) is 11.0. The maximum Gasteiger partial charge on any atom is 0.361 e. The lowest BCUT2D eigenvalue weighted by atomic mass is 10.1. The summed E-state index contributed by atoms with van der Waals surface area (Å²) in [6.45, 7) is 5.78. The Labute approximate surface area is 141 Å². The fourth-order valence-corrected chi connectivity index (χ4v) is 2.33. The Bertz CT molecular complexity index is 258. The second-order valence-corrected chi connectivity index (χ2v) is 5.79. The van der Waals surface area contributed by atoms with Gasteiger partial charge in [0.15, 0.2) is 0 Å². The minimum absolute atomic E-state index is 0.239. The zero-order valence-corrected chi connectivity index (χ0v) is 15.1. The molecule has 0 aliphatic rings. The first-order valence-corrected chi connectivity index (χ1v) is 9.26. The van der Waals surface area contributed by atoms with Crippen molar-refractivity contribution in [3.05, 3.63) is 0 Å². The molecule has 23 heavy (non-hydrogen) atoms. The van der Waals surface area contributed by atoms with Gasteiger partial charge >= 0.3 is 5.97 Å². The first-order valence-electron chi connectivity index (χ1n) is 9.26. The van der Waals surface area contributed by atoms with Gasteiger partial charge in [-0.25, -0.2) is 4.79 Å². The molecule has 5 heteroatoms. The van der Waals surface area contributed by atoms with Gasteiger partial charge in [0.25, 0.3) is 6.29 Å². The maximum absolute atomic E-state index is 11.0. The number of carboxylic acid groups (broad SMARTS) is 1. The Morgan fingerprint density at radius 3 is 1.83 bits per heavy atom. The van der Waals surface area contributed by atoms with Crippen molar-refractivity contribution in [1.82, 2.24) is 0 Å². The molecule has 0 rings (SSSR count). The molecule has 0 aromatic carbocycles. The van der Waals surface area contributed by atoms with Crippen LogP contribution in [0.3, 0.4) is 0 Å². The molecule has 0 amide bonds.